The van der Waals surface area contributed by atoms with Crippen molar-refractivity contribution in [1.82, 2.24) is 15.0 Å². The van der Waals surface area contributed by atoms with Crippen molar-refractivity contribution in [2.45, 2.75) is 50.2 Å². The highest BCUT2D eigenvalue weighted by molar-refractivity contribution is 5.78. The second kappa shape index (κ2) is 6.98. The monoisotopic (exact) mass is 379 g/mol. The first-order valence-electron chi connectivity index (χ1n) is 9.11. The summed E-state index contributed by atoms with van der Waals surface area (Å²) in [6.45, 7) is -1.22. The topological polar surface area (TPSA) is 59.2 Å². The molecule has 1 aromatic heterocycles. The maximum atomic E-state index is 12.7. The Kier molecular flexibility index (Phi) is 4.65. The van der Waals surface area contributed by atoms with Crippen LogP contribution in [0.4, 0.5) is 13.2 Å². The van der Waals surface area contributed by atoms with Gasteiger partial charge in [0.25, 0.3) is 0 Å². The number of nitrogens with zero attached hydrogens (tertiary/aromatic N) is 3. The minimum absolute atomic E-state index is 0.153. The van der Waals surface area contributed by atoms with Crippen molar-refractivity contribution in [3.8, 4) is 0 Å². The molecule has 8 heteroatoms. The molecule has 144 valence electrons. The van der Waals surface area contributed by atoms with Gasteiger partial charge in [0.2, 0.25) is 11.8 Å². The average molecular weight is 379 g/mol. The predicted molar refractivity (Wildman–Crippen MR) is 89.8 cm³/mol. The predicted octanol–water partition coefficient (Wildman–Crippen LogP) is 3.51. The Labute approximate surface area is 154 Å². The van der Waals surface area contributed by atoms with E-state index in [1.807, 2.05) is 18.2 Å². The van der Waals surface area contributed by atoms with Crippen molar-refractivity contribution in [2.75, 3.05) is 6.54 Å². The number of benzene rings is 1. The molecule has 0 aliphatic heterocycles. The fourth-order valence-corrected chi connectivity index (χ4v) is 3.49. The summed E-state index contributed by atoms with van der Waals surface area (Å²) in [7, 11) is 0. The molecule has 2 atom stereocenters. The first-order chi connectivity index (χ1) is 12.9. The molecule has 27 heavy (non-hydrogen) atoms. The van der Waals surface area contributed by atoms with Crippen molar-refractivity contribution in [2.24, 2.45) is 5.92 Å². The zero-order valence-corrected chi connectivity index (χ0v) is 14.7. The molecule has 2 aliphatic carbocycles. The van der Waals surface area contributed by atoms with E-state index in [1.54, 1.807) is 0 Å². The van der Waals surface area contributed by atoms with Crippen molar-refractivity contribution < 1.29 is 22.5 Å². The van der Waals surface area contributed by atoms with Gasteiger partial charge < -0.3 is 9.42 Å². The lowest BCUT2D eigenvalue weighted by Gasteiger charge is -2.23. The minimum atomic E-state index is -4.40. The molecule has 2 saturated carbocycles. The lowest BCUT2D eigenvalue weighted by molar-refractivity contribution is -0.162. The van der Waals surface area contributed by atoms with Crippen LogP contribution in [0.3, 0.4) is 0 Å². The van der Waals surface area contributed by atoms with Gasteiger partial charge in [-0.15, -0.1) is 0 Å². The Morgan fingerprint density at radius 2 is 1.96 bits per heavy atom. The van der Waals surface area contributed by atoms with E-state index in [0.29, 0.717) is 37.0 Å². The molecule has 0 saturated heterocycles. The normalized spacial score (nSPS) is 21.9. The molecule has 2 fully saturated rings. The number of carbonyl (C=O) groups is 1. The van der Waals surface area contributed by atoms with Gasteiger partial charge in [0.15, 0.2) is 5.82 Å². The number of alkyl halides is 3. The molecule has 1 aromatic carbocycles. The van der Waals surface area contributed by atoms with Gasteiger partial charge in [-0.25, -0.2) is 0 Å². The van der Waals surface area contributed by atoms with Crippen LogP contribution in [0.2, 0.25) is 0 Å². The van der Waals surface area contributed by atoms with E-state index in [1.165, 1.54) is 5.56 Å². The Hall–Kier alpha value is -2.38. The van der Waals surface area contributed by atoms with Crippen molar-refractivity contribution >= 4 is 5.91 Å². The van der Waals surface area contributed by atoms with E-state index in [0.717, 1.165) is 11.3 Å². The van der Waals surface area contributed by atoms with Crippen LogP contribution in [-0.4, -0.2) is 39.7 Å². The number of amides is 1. The number of aromatic nitrogens is 2. The highest BCUT2D eigenvalue weighted by Gasteiger charge is 2.41. The zero-order valence-electron chi connectivity index (χ0n) is 14.7. The highest BCUT2D eigenvalue weighted by Crippen LogP contribution is 2.48. The SMILES string of the molecule is O=C(Cc1noc(C[C@@H]2C[C@H]2c2ccccc2)n1)N(CC(F)(F)F)C1CC1. The number of hydrogen-bond acceptors (Lipinski definition) is 4. The van der Waals surface area contributed by atoms with E-state index in [9.17, 15) is 18.0 Å². The highest BCUT2D eigenvalue weighted by atomic mass is 19.4. The molecule has 2 aliphatic rings. The summed E-state index contributed by atoms with van der Waals surface area (Å²) in [5.74, 6) is 0.885. The maximum Gasteiger partial charge on any atom is 0.406 e. The van der Waals surface area contributed by atoms with Crippen LogP contribution >= 0.6 is 0 Å². The van der Waals surface area contributed by atoms with Crippen LogP contribution in [0.25, 0.3) is 0 Å². The van der Waals surface area contributed by atoms with E-state index in [-0.39, 0.29) is 18.3 Å². The number of hydrogen-bond donors (Lipinski definition) is 0. The van der Waals surface area contributed by atoms with Gasteiger partial charge in [-0.05, 0) is 36.7 Å². The van der Waals surface area contributed by atoms with Gasteiger partial charge in [-0.3, -0.25) is 4.79 Å². The second-order valence-electron chi connectivity index (χ2n) is 7.37. The average Bonchev–Trinajstić information content (AvgIpc) is 3.53. The third kappa shape index (κ3) is 4.67. The smallest absolute Gasteiger partial charge is 0.339 e. The third-order valence-corrected chi connectivity index (χ3v) is 5.06. The first-order valence-corrected chi connectivity index (χ1v) is 9.11. The van der Waals surface area contributed by atoms with Crippen LogP contribution in [0.15, 0.2) is 34.9 Å². The Morgan fingerprint density at radius 3 is 2.63 bits per heavy atom. The molecule has 2 aromatic rings. The lowest BCUT2D eigenvalue weighted by Crippen LogP contribution is -2.41. The zero-order chi connectivity index (χ0) is 19.0. The first kappa shape index (κ1) is 18.0. The van der Waals surface area contributed by atoms with Crippen LogP contribution in [0, 0.1) is 5.92 Å². The van der Waals surface area contributed by atoms with Gasteiger partial charge >= 0.3 is 6.18 Å². The van der Waals surface area contributed by atoms with Crippen LogP contribution < -0.4 is 0 Å². The number of halogens is 3. The van der Waals surface area contributed by atoms with Crippen molar-refractivity contribution in [3.05, 3.63) is 47.6 Å². The number of rotatable bonds is 7. The van der Waals surface area contributed by atoms with Gasteiger partial charge in [0.1, 0.15) is 6.54 Å². The Morgan fingerprint density at radius 1 is 1.22 bits per heavy atom. The fourth-order valence-electron chi connectivity index (χ4n) is 3.49. The van der Waals surface area contributed by atoms with Gasteiger partial charge in [0.05, 0.1) is 6.42 Å². The van der Waals surface area contributed by atoms with Gasteiger partial charge in [-0.2, -0.15) is 18.2 Å². The molecule has 1 amide bonds. The maximum absolute atomic E-state index is 12.7. The molecule has 0 spiro atoms. The van der Waals surface area contributed by atoms with Crippen LogP contribution in [0.1, 0.15) is 42.5 Å². The molecule has 1 heterocycles. The van der Waals surface area contributed by atoms with Gasteiger partial charge in [0, 0.05) is 12.5 Å². The largest absolute Gasteiger partial charge is 0.406 e. The summed E-state index contributed by atoms with van der Waals surface area (Å²) in [6, 6.07) is 9.86. The van der Waals surface area contributed by atoms with E-state index in [4.69, 9.17) is 4.52 Å². The molecule has 0 bridgehead atoms. The van der Waals surface area contributed by atoms with Crippen molar-refractivity contribution in [1.29, 1.82) is 0 Å². The fraction of sp³-hybridized carbons (Fsp3) is 0.526. The molecular formula is C19H20F3N3O2. The molecule has 4 rings (SSSR count). The summed E-state index contributed by atoms with van der Waals surface area (Å²) in [5.41, 5.74) is 1.28. The Bertz CT molecular complexity index is 802. The summed E-state index contributed by atoms with van der Waals surface area (Å²) < 4.78 is 43.2. The summed E-state index contributed by atoms with van der Waals surface area (Å²) >= 11 is 0. The van der Waals surface area contributed by atoms with Crippen LogP contribution in [-0.2, 0) is 17.6 Å². The molecule has 5 nitrogen and oxygen atoms in total. The van der Waals surface area contributed by atoms with E-state index in [2.05, 4.69) is 22.3 Å². The van der Waals surface area contributed by atoms with Crippen molar-refractivity contribution in [3.63, 3.8) is 0 Å². The minimum Gasteiger partial charge on any atom is -0.339 e. The van der Waals surface area contributed by atoms with Crippen LogP contribution in [0.5, 0.6) is 0 Å². The van der Waals surface area contributed by atoms with E-state index >= 15 is 0 Å². The summed E-state index contributed by atoms with van der Waals surface area (Å²) in [4.78, 5) is 17.4. The third-order valence-electron chi connectivity index (χ3n) is 5.06. The van der Waals surface area contributed by atoms with E-state index < -0.39 is 18.6 Å². The molecular weight excluding hydrogens is 359 g/mol. The second-order valence-corrected chi connectivity index (χ2v) is 7.37. The standard InChI is InChI=1S/C19H20F3N3O2/c20-19(21,22)11-25(14-6-7-14)18(26)10-16-23-17(27-24-16)9-13-8-15(13)12-4-2-1-3-5-12/h1-5,13-15H,6-11H2/t13-,15-/m0/s1. The lowest BCUT2D eigenvalue weighted by atomic mass is 10.1. The number of carbonyl (C=O) groups excluding carboxylic acids is 1. The quantitative estimate of drug-likeness (QED) is 0.739. The Balaban J connectivity index is 1.32. The summed E-state index contributed by atoms with van der Waals surface area (Å²) in [5, 5.41) is 3.78. The molecule has 0 unspecified atom stereocenters. The summed E-state index contributed by atoms with van der Waals surface area (Å²) in [6.07, 6.45) is -1.77. The molecule has 0 N–H and O–H groups in total. The molecule has 0 radical (unpaired) electrons. The van der Waals surface area contributed by atoms with Gasteiger partial charge in [-0.1, -0.05) is 35.5 Å².